The molecule has 1 aliphatic heterocycles. The second kappa shape index (κ2) is 8.11. The maximum atomic E-state index is 10.7. The van der Waals surface area contributed by atoms with Crippen LogP contribution >= 0.6 is 0 Å². The Morgan fingerprint density at radius 1 is 0.815 bits per heavy atom. The largest absolute Gasteiger partial charge is 0.387 e. The average molecular weight is 364 g/mol. The molecule has 1 atom stereocenters. The maximum Gasteiger partial charge on any atom is 0.203 e. The van der Waals surface area contributed by atoms with Crippen molar-refractivity contribution in [2.75, 3.05) is 19.6 Å². The van der Waals surface area contributed by atoms with Crippen LogP contribution in [0.3, 0.4) is 0 Å². The molecule has 0 amide bonds. The lowest BCUT2D eigenvalue weighted by Gasteiger charge is -2.26. The molecule has 1 fully saturated rings. The van der Waals surface area contributed by atoms with Crippen LogP contribution in [0.4, 0.5) is 0 Å². The van der Waals surface area contributed by atoms with Crippen LogP contribution in [-0.2, 0) is 13.1 Å². The summed E-state index contributed by atoms with van der Waals surface area (Å²) < 4.78 is 4.02. The van der Waals surface area contributed by atoms with E-state index in [0.717, 1.165) is 29.7 Å². The number of hydrogen-bond donors (Lipinski definition) is 2. The Hall–Kier alpha value is -2.37. The third-order valence-corrected chi connectivity index (χ3v) is 5.60. The molecule has 3 aromatic rings. The number of benzene rings is 2. The quantitative estimate of drug-likeness (QED) is 0.706. The Labute approximate surface area is 160 Å². The number of piperidine rings is 1. The highest BCUT2D eigenvalue weighted by atomic mass is 16.3. The van der Waals surface area contributed by atoms with E-state index in [1.165, 1.54) is 32.4 Å². The monoisotopic (exact) mass is 364 g/mol. The van der Waals surface area contributed by atoms with E-state index in [9.17, 15) is 5.11 Å². The Morgan fingerprint density at radius 2 is 1.44 bits per heavy atom. The van der Waals surface area contributed by atoms with E-state index in [1.54, 1.807) is 0 Å². The fourth-order valence-corrected chi connectivity index (χ4v) is 4.08. The van der Waals surface area contributed by atoms with Gasteiger partial charge >= 0.3 is 0 Å². The van der Waals surface area contributed by atoms with Crippen LogP contribution < -0.4 is 5.62 Å². The Bertz CT molecular complexity index is 938. The van der Waals surface area contributed by atoms with Crippen LogP contribution in [0.25, 0.3) is 11.0 Å². The summed E-state index contributed by atoms with van der Waals surface area (Å²) in [4.78, 5) is 2.50. The van der Waals surface area contributed by atoms with Crippen molar-refractivity contribution < 1.29 is 5.11 Å². The van der Waals surface area contributed by atoms with E-state index in [1.807, 2.05) is 53.1 Å². The number of para-hydroxylation sites is 2. The van der Waals surface area contributed by atoms with Gasteiger partial charge in [0.2, 0.25) is 5.62 Å². The molecule has 0 bridgehead atoms. The zero-order chi connectivity index (χ0) is 18.6. The Kier molecular flexibility index (Phi) is 5.41. The highest BCUT2D eigenvalue weighted by molar-refractivity contribution is 5.75. The van der Waals surface area contributed by atoms with Crippen molar-refractivity contribution in [3.63, 3.8) is 0 Å². The lowest BCUT2D eigenvalue weighted by molar-refractivity contribution is 0.155. The first-order valence-corrected chi connectivity index (χ1v) is 9.92. The molecule has 1 aliphatic rings. The molecule has 0 aliphatic carbocycles. The molecule has 0 spiro atoms. The average Bonchev–Trinajstić information content (AvgIpc) is 2.99. The number of fused-ring (bicyclic) bond motifs is 1. The predicted molar refractivity (Wildman–Crippen MR) is 107 cm³/mol. The molecule has 0 saturated carbocycles. The van der Waals surface area contributed by atoms with Gasteiger partial charge in [0.1, 0.15) is 0 Å². The number of hydrogen-bond acceptors (Lipinski definition) is 3. The highest BCUT2D eigenvalue weighted by Crippen LogP contribution is 2.19. The van der Waals surface area contributed by atoms with Gasteiger partial charge in [-0.3, -0.25) is 5.41 Å². The molecule has 2 aromatic carbocycles. The van der Waals surface area contributed by atoms with Gasteiger partial charge < -0.3 is 19.1 Å². The number of imidazole rings is 1. The summed E-state index contributed by atoms with van der Waals surface area (Å²) in [7, 11) is 0. The van der Waals surface area contributed by atoms with Crippen LogP contribution in [0.1, 0.15) is 30.9 Å². The Balaban J connectivity index is 1.61. The topological polar surface area (TPSA) is 57.2 Å². The molecule has 0 unspecified atom stereocenters. The van der Waals surface area contributed by atoms with Crippen LogP contribution in [0.5, 0.6) is 0 Å². The maximum absolute atomic E-state index is 10.7. The minimum atomic E-state index is -0.623. The highest BCUT2D eigenvalue weighted by Gasteiger charge is 2.16. The smallest absolute Gasteiger partial charge is 0.203 e. The number of rotatable bonds is 6. The summed E-state index contributed by atoms with van der Waals surface area (Å²) in [5.41, 5.74) is 3.42. The number of aliphatic hydroxyl groups excluding tert-OH is 1. The van der Waals surface area contributed by atoms with Crippen molar-refractivity contribution in [3.05, 3.63) is 65.8 Å². The third kappa shape index (κ3) is 3.84. The second-order valence-electron chi connectivity index (χ2n) is 7.40. The minimum absolute atomic E-state index is 0.389. The first-order valence-electron chi connectivity index (χ1n) is 9.92. The fraction of sp³-hybridized carbons (Fsp3) is 0.409. The van der Waals surface area contributed by atoms with Crippen LogP contribution in [0.2, 0.25) is 0 Å². The van der Waals surface area contributed by atoms with Crippen molar-refractivity contribution in [1.82, 2.24) is 14.0 Å². The summed E-state index contributed by atoms with van der Waals surface area (Å²) in [5.74, 6) is 0. The fourth-order valence-electron chi connectivity index (χ4n) is 4.08. The van der Waals surface area contributed by atoms with E-state index in [-0.39, 0.29) is 0 Å². The van der Waals surface area contributed by atoms with Gasteiger partial charge in [-0.1, -0.05) is 48.9 Å². The standard InChI is InChI=1S/C22H28N4O/c23-22-25(16-15-24-13-7-2-8-14-24)19-11-5-6-12-20(19)26(22)17-21(27)18-9-3-1-4-10-18/h1,3-6,9-12,21,23,27H,2,7-8,13-17H2/t21-/m1/s1. The molecule has 5 heteroatoms. The first-order chi connectivity index (χ1) is 13.2. The van der Waals surface area contributed by atoms with Crippen molar-refractivity contribution in [3.8, 4) is 0 Å². The zero-order valence-electron chi connectivity index (χ0n) is 15.7. The van der Waals surface area contributed by atoms with Gasteiger partial charge in [0.15, 0.2) is 0 Å². The summed E-state index contributed by atoms with van der Waals surface area (Å²) in [5, 5.41) is 19.4. The van der Waals surface area contributed by atoms with E-state index >= 15 is 0 Å². The molecule has 4 rings (SSSR count). The van der Waals surface area contributed by atoms with Gasteiger partial charge in [0.05, 0.1) is 23.7 Å². The van der Waals surface area contributed by atoms with Gasteiger partial charge in [-0.2, -0.15) is 0 Å². The van der Waals surface area contributed by atoms with Gasteiger partial charge in [-0.25, -0.2) is 0 Å². The summed E-state index contributed by atoms with van der Waals surface area (Å²) in [6, 6.07) is 17.8. The number of aromatic nitrogens is 2. The molecule has 1 aromatic heterocycles. The molecule has 5 nitrogen and oxygen atoms in total. The SMILES string of the molecule is N=c1n(CCN2CCCCC2)c2ccccc2n1C[C@@H](O)c1ccccc1. The van der Waals surface area contributed by atoms with Gasteiger partial charge in [-0.05, 0) is 43.6 Å². The summed E-state index contributed by atoms with van der Waals surface area (Å²) in [6.07, 6.45) is 3.28. The minimum Gasteiger partial charge on any atom is -0.387 e. The van der Waals surface area contributed by atoms with Gasteiger partial charge in [0.25, 0.3) is 0 Å². The van der Waals surface area contributed by atoms with Gasteiger partial charge in [0, 0.05) is 13.1 Å². The molecule has 2 heterocycles. The zero-order valence-corrected chi connectivity index (χ0v) is 15.7. The van der Waals surface area contributed by atoms with Crippen LogP contribution in [0, 0.1) is 5.41 Å². The number of nitrogens with one attached hydrogen (secondary N) is 1. The molecule has 2 N–H and O–H groups in total. The molecule has 27 heavy (non-hydrogen) atoms. The van der Waals surface area contributed by atoms with Crippen molar-refractivity contribution in [2.24, 2.45) is 0 Å². The molecular formula is C22H28N4O. The van der Waals surface area contributed by atoms with Crippen molar-refractivity contribution >= 4 is 11.0 Å². The normalized spacial score (nSPS) is 16.6. The van der Waals surface area contributed by atoms with Crippen LogP contribution in [0.15, 0.2) is 54.6 Å². The van der Waals surface area contributed by atoms with Crippen LogP contribution in [-0.4, -0.2) is 38.8 Å². The molecule has 142 valence electrons. The molecule has 1 saturated heterocycles. The third-order valence-electron chi connectivity index (χ3n) is 5.60. The summed E-state index contributed by atoms with van der Waals surface area (Å²) in [6.45, 7) is 4.51. The van der Waals surface area contributed by atoms with E-state index in [0.29, 0.717) is 12.2 Å². The number of nitrogens with zero attached hydrogens (tertiary/aromatic N) is 3. The number of aliphatic hydroxyl groups is 1. The lowest BCUT2D eigenvalue weighted by atomic mass is 10.1. The molecule has 0 radical (unpaired) electrons. The number of likely N-dealkylation sites (tertiary alicyclic amines) is 1. The second-order valence-corrected chi connectivity index (χ2v) is 7.40. The van der Waals surface area contributed by atoms with Crippen molar-refractivity contribution in [1.29, 1.82) is 5.41 Å². The first kappa shape index (κ1) is 18.0. The van der Waals surface area contributed by atoms with Gasteiger partial charge in [-0.15, -0.1) is 0 Å². The van der Waals surface area contributed by atoms with E-state index in [4.69, 9.17) is 5.41 Å². The predicted octanol–water partition coefficient (Wildman–Crippen LogP) is 3.14. The van der Waals surface area contributed by atoms with Crippen molar-refractivity contribution in [2.45, 2.75) is 38.5 Å². The summed E-state index contributed by atoms with van der Waals surface area (Å²) >= 11 is 0. The Morgan fingerprint density at radius 3 is 2.15 bits per heavy atom. The van der Waals surface area contributed by atoms with E-state index in [2.05, 4.69) is 15.5 Å². The van der Waals surface area contributed by atoms with E-state index < -0.39 is 6.10 Å². The molecular weight excluding hydrogens is 336 g/mol. The lowest BCUT2D eigenvalue weighted by Crippen LogP contribution is -2.35.